The molecule has 8 atom stereocenters. The Hall–Kier alpha value is -1.38. The average Bonchev–Trinajstić information content (AvgIpc) is 3.00. The van der Waals surface area contributed by atoms with Gasteiger partial charge in [0.1, 0.15) is 49.0 Å². The number of benzene rings is 1. The molecule has 1 rings (SSSR count). The Morgan fingerprint density at radius 2 is 1.26 bits per heavy atom. The first kappa shape index (κ1) is 39.6. The minimum Gasteiger partial charge on any atom is -0.492 e. The van der Waals surface area contributed by atoms with E-state index in [4.69, 9.17) is 14.9 Å². The first-order chi connectivity index (χ1) is 20.2. The highest BCUT2D eigenvalue weighted by Crippen LogP contribution is 2.26. The molecule has 0 amide bonds. The Labute approximate surface area is 258 Å². The zero-order valence-corrected chi connectivity index (χ0v) is 25.8. The van der Waals surface area contributed by atoms with Gasteiger partial charge in [-0.3, -0.25) is 14.5 Å². The van der Waals surface area contributed by atoms with Gasteiger partial charge in [0.05, 0.1) is 25.4 Å². The van der Waals surface area contributed by atoms with Crippen LogP contribution in [0.4, 0.5) is 0 Å². The lowest BCUT2D eigenvalue weighted by molar-refractivity contribution is -0.130. The molecule has 0 aliphatic rings. The van der Waals surface area contributed by atoms with Gasteiger partial charge in [-0.1, -0.05) is 36.5 Å². The summed E-state index contributed by atoms with van der Waals surface area (Å²) < 4.78 is 5.84. The molecule has 0 aliphatic heterocycles. The van der Waals surface area contributed by atoms with E-state index in [1.807, 2.05) is 0 Å². The molecule has 0 fully saturated rings. The second-order valence-electron chi connectivity index (χ2n) is 9.93. The van der Waals surface area contributed by atoms with Gasteiger partial charge >= 0.3 is 0 Å². The Morgan fingerprint density at radius 3 is 1.72 bits per heavy atom. The summed E-state index contributed by atoms with van der Waals surface area (Å²) in [6, 6.07) is 5.18. The van der Waals surface area contributed by atoms with E-state index >= 15 is 0 Å². The fourth-order valence-corrected chi connectivity index (χ4v) is 5.26. The Balaban J connectivity index is 3.05. The molecule has 0 unspecified atom stereocenters. The molecular weight excluding hydrogens is 610 g/mol. The fourth-order valence-electron chi connectivity index (χ4n) is 3.83. The number of nitrogens with zero attached hydrogens (tertiary/aromatic N) is 1. The SMILES string of the molecule is CCC(=O)SCc1cc(OCCN(C[C@@H](O)[C@@H](O)[C@H](O)[C@H](O)CO)C[C@@H](O)[C@@H](O)[C@H](O)[C@H](O)CO)ccc1CSC(C)=O. The van der Waals surface area contributed by atoms with E-state index < -0.39 is 75.1 Å². The third kappa shape index (κ3) is 14.1. The largest absolute Gasteiger partial charge is 0.492 e. The summed E-state index contributed by atoms with van der Waals surface area (Å²) in [6.07, 6.45) is -14.1. The van der Waals surface area contributed by atoms with Crippen LogP contribution in [0.15, 0.2) is 18.2 Å². The van der Waals surface area contributed by atoms with Crippen molar-refractivity contribution >= 4 is 33.8 Å². The molecule has 16 heteroatoms. The van der Waals surface area contributed by atoms with Crippen LogP contribution in [0, 0.1) is 0 Å². The van der Waals surface area contributed by atoms with E-state index in [0.29, 0.717) is 23.7 Å². The van der Waals surface area contributed by atoms with Crippen molar-refractivity contribution in [3.05, 3.63) is 29.3 Å². The first-order valence-corrected chi connectivity index (χ1v) is 15.6. The number of carbonyl (C=O) groups is 2. The summed E-state index contributed by atoms with van der Waals surface area (Å²) >= 11 is 2.27. The molecule has 248 valence electrons. The Bertz CT molecular complexity index is 945. The second-order valence-corrected chi connectivity index (χ2v) is 12.1. The summed E-state index contributed by atoms with van der Waals surface area (Å²) in [4.78, 5) is 24.6. The van der Waals surface area contributed by atoms with Crippen LogP contribution in [-0.4, -0.2) is 154 Å². The number of carbonyl (C=O) groups excluding carboxylic acids is 2. The third-order valence-corrected chi connectivity index (χ3v) is 8.43. The maximum atomic E-state index is 11.9. The van der Waals surface area contributed by atoms with Gasteiger partial charge in [-0.25, -0.2) is 0 Å². The standard InChI is InChI=1S/C27H45NO13S2/c1-3-23(36)43-14-17-8-18(5-4-16(17)13-42-15(2)31)41-7-6-28(9-19(32)24(37)26(39)21(34)11-29)10-20(33)25(38)27(40)22(35)12-30/h4-5,8,19-22,24-27,29-30,32-35,37-40H,3,6-7,9-14H2,1-2H3/t19-,20-,21-,22-,24-,25-,26-,27-/m1/s1. The van der Waals surface area contributed by atoms with E-state index in [2.05, 4.69) is 0 Å². The number of hydrogen-bond donors (Lipinski definition) is 10. The van der Waals surface area contributed by atoms with Crippen LogP contribution in [0.25, 0.3) is 0 Å². The highest BCUT2D eigenvalue weighted by molar-refractivity contribution is 8.13. The minimum absolute atomic E-state index is 0.00174. The molecule has 0 aliphatic carbocycles. The zero-order valence-electron chi connectivity index (χ0n) is 24.2. The number of rotatable bonds is 21. The Kier molecular flexibility index (Phi) is 19.0. The molecule has 43 heavy (non-hydrogen) atoms. The molecular formula is C27H45NO13S2. The molecule has 14 nitrogen and oxygen atoms in total. The molecule has 0 saturated heterocycles. The van der Waals surface area contributed by atoms with Crippen LogP contribution in [0.3, 0.4) is 0 Å². The van der Waals surface area contributed by atoms with Gasteiger partial charge in [0.2, 0.25) is 0 Å². The highest BCUT2D eigenvalue weighted by Gasteiger charge is 2.34. The quantitative estimate of drug-likeness (QED) is 0.0642. The van der Waals surface area contributed by atoms with Gasteiger partial charge in [0, 0.05) is 44.5 Å². The topological polar surface area (TPSA) is 249 Å². The van der Waals surface area contributed by atoms with Crippen molar-refractivity contribution in [1.82, 2.24) is 4.90 Å². The lowest BCUT2D eigenvalue weighted by atomic mass is 10.0. The van der Waals surface area contributed by atoms with Gasteiger partial charge in [-0.15, -0.1) is 0 Å². The van der Waals surface area contributed by atoms with Crippen molar-refractivity contribution in [2.24, 2.45) is 0 Å². The lowest BCUT2D eigenvalue weighted by Gasteiger charge is -2.33. The molecule has 0 bridgehead atoms. The van der Waals surface area contributed by atoms with E-state index in [1.165, 1.54) is 11.8 Å². The summed E-state index contributed by atoms with van der Waals surface area (Å²) in [6.45, 7) is 0.511. The summed E-state index contributed by atoms with van der Waals surface area (Å²) in [5.74, 6) is 1.19. The maximum Gasteiger partial charge on any atom is 0.188 e. The van der Waals surface area contributed by atoms with E-state index in [1.54, 1.807) is 25.1 Å². The predicted molar refractivity (Wildman–Crippen MR) is 159 cm³/mol. The maximum absolute atomic E-state index is 11.9. The van der Waals surface area contributed by atoms with Crippen LogP contribution in [0.2, 0.25) is 0 Å². The number of aliphatic hydroxyl groups is 10. The van der Waals surface area contributed by atoms with Crippen molar-refractivity contribution in [1.29, 1.82) is 0 Å². The van der Waals surface area contributed by atoms with Gasteiger partial charge in [-0.05, 0) is 23.3 Å². The van der Waals surface area contributed by atoms with Gasteiger partial charge in [0.15, 0.2) is 10.2 Å². The molecule has 0 heterocycles. The smallest absolute Gasteiger partial charge is 0.188 e. The second kappa shape index (κ2) is 20.6. The fraction of sp³-hybridized carbons (Fsp3) is 0.704. The molecule has 0 saturated carbocycles. The van der Waals surface area contributed by atoms with E-state index in [-0.39, 0.29) is 23.4 Å². The minimum atomic E-state index is -1.90. The van der Waals surface area contributed by atoms with Crippen LogP contribution in [0.5, 0.6) is 5.75 Å². The van der Waals surface area contributed by atoms with Crippen molar-refractivity contribution in [3.63, 3.8) is 0 Å². The van der Waals surface area contributed by atoms with Crippen LogP contribution >= 0.6 is 23.5 Å². The van der Waals surface area contributed by atoms with Crippen LogP contribution in [0.1, 0.15) is 31.4 Å². The predicted octanol–water partition coefficient (Wildman–Crippen LogP) is -2.81. The van der Waals surface area contributed by atoms with E-state index in [0.717, 1.165) is 34.7 Å². The zero-order chi connectivity index (χ0) is 32.7. The average molecular weight is 656 g/mol. The van der Waals surface area contributed by atoms with Crippen molar-refractivity contribution in [2.75, 3.05) is 39.5 Å². The first-order valence-electron chi connectivity index (χ1n) is 13.7. The van der Waals surface area contributed by atoms with E-state index in [9.17, 15) is 50.4 Å². The van der Waals surface area contributed by atoms with Crippen LogP contribution in [-0.2, 0) is 21.1 Å². The van der Waals surface area contributed by atoms with Crippen LogP contribution < -0.4 is 4.74 Å². The summed E-state index contributed by atoms with van der Waals surface area (Å²) in [5.41, 5.74) is 1.65. The number of hydrogen-bond acceptors (Lipinski definition) is 16. The Morgan fingerprint density at radius 1 is 0.767 bits per heavy atom. The van der Waals surface area contributed by atoms with Gasteiger partial charge < -0.3 is 55.8 Å². The molecule has 0 radical (unpaired) electrons. The lowest BCUT2D eigenvalue weighted by Crippen LogP contribution is -2.53. The summed E-state index contributed by atoms with van der Waals surface area (Å²) in [7, 11) is 0. The highest BCUT2D eigenvalue weighted by atomic mass is 32.2. The number of aliphatic hydroxyl groups excluding tert-OH is 10. The van der Waals surface area contributed by atoms with Gasteiger partial charge in [-0.2, -0.15) is 0 Å². The molecule has 0 aromatic heterocycles. The normalized spacial score (nSPS) is 17.5. The molecule has 1 aromatic rings. The monoisotopic (exact) mass is 655 g/mol. The number of thioether (sulfide) groups is 2. The molecule has 0 spiro atoms. The molecule has 10 N–H and O–H groups in total. The molecule has 1 aromatic carbocycles. The third-order valence-electron chi connectivity index (χ3n) is 6.50. The van der Waals surface area contributed by atoms with Crippen molar-refractivity contribution in [3.8, 4) is 5.75 Å². The summed E-state index contributed by atoms with van der Waals surface area (Å²) in [5, 5.41) is 98.5. The van der Waals surface area contributed by atoms with Crippen molar-refractivity contribution < 1.29 is 65.4 Å². The van der Waals surface area contributed by atoms with Crippen molar-refractivity contribution in [2.45, 2.75) is 80.6 Å². The van der Waals surface area contributed by atoms with Gasteiger partial charge in [0.25, 0.3) is 0 Å². The number of ether oxygens (including phenoxy) is 1.